The number of hydrogen-bond acceptors (Lipinski definition) is 3. The molecule has 0 saturated carbocycles. The average Bonchev–Trinajstić information content (AvgIpc) is 2.94. The molecule has 6 heteroatoms. The van der Waals surface area contributed by atoms with Crippen LogP contribution in [0, 0.1) is 15.9 Å². The maximum atomic E-state index is 13.1. The highest BCUT2D eigenvalue weighted by atomic mass is 19.1. The van der Waals surface area contributed by atoms with E-state index >= 15 is 0 Å². The Labute approximate surface area is 119 Å². The highest BCUT2D eigenvalue weighted by Crippen LogP contribution is 2.26. The predicted octanol–water partition coefficient (Wildman–Crippen LogP) is 3.83. The molecule has 21 heavy (non-hydrogen) atoms. The van der Waals surface area contributed by atoms with Crippen molar-refractivity contribution in [3.8, 4) is 0 Å². The fraction of sp³-hybridized carbons (Fsp3) is 0.0667. The fourth-order valence-corrected chi connectivity index (χ4v) is 2.29. The Morgan fingerprint density at radius 3 is 2.90 bits per heavy atom. The molecule has 0 aliphatic heterocycles. The number of aromatic nitrogens is 1. The van der Waals surface area contributed by atoms with Gasteiger partial charge in [-0.05, 0) is 29.1 Å². The molecule has 0 aliphatic rings. The Morgan fingerprint density at radius 1 is 1.24 bits per heavy atom. The number of nitro groups is 1. The van der Waals surface area contributed by atoms with E-state index in [0.717, 1.165) is 22.5 Å². The summed E-state index contributed by atoms with van der Waals surface area (Å²) in [5.41, 5.74) is 1.99. The molecular weight excluding hydrogens is 273 g/mol. The molecule has 5 nitrogen and oxygen atoms in total. The number of anilines is 1. The third-order valence-corrected chi connectivity index (χ3v) is 3.30. The Kier molecular flexibility index (Phi) is 3.27. The summed E-state index contributed by atoms with van der Waals surface area (Å²) in [5, 5.41) is 15.0. The van der Waals surface area contributed by atoms with Crippen LogP contribution in [0.15, 0.2) is 48.7 Å². The zero-order valence-corrected chi connectivity index (χ0v) is 11.0. The molecule has 0 saturated heterocycles. The molecule has 1 aromatic heterocycles. The number of aromatic amines is 1. The van der Waals surface area contributed by atoms with Gasteiger partial charge in [0, 0.05) is 12.7 Å². The first-order chi connectivity index (χ1) is 10.1. The van der Waals surface area contributed by atoms with Crippen LogP contribution in [0.25, 0.3) is 10.9 Å². The molecule has 0 unspecified atom stereocenters. The number of H-pyrrole nitrogens is 1. The van der Waals surface area contributed by atoms with Crippen molar-refractivity contribution in [1.82, 2.24) is 4.98 Å². The SMILES string of the molecule is O=[N+]([O-])c1cc(F)ccc1NCc1cccc2cc[nH]c12. The minimum atomic E-state index is -0.626. The number of para-hydroxylation sites is 1. The van der Waals surface area contributed by atoms with E-state index in [1.54, 1.807) is 0 Å². The maximum Gasteiger partial charge on any atom is 0.295 e. The van der Waals surface area contributed by atoms with Gasteiger partial charge in [0.05, 0.1) is 16.5 Å². The van der Waals surface area contributed by atoms with Crippen LogP contribution in [-0.4, -0.2) is 9.91 Å². The molecule has 3 aromatic rings. The second-order valence-electron chi connectivity index (χ2n) is 4.63. The summed E-state index contributed by atoms with van der Waals surface area (Å²) >= 11 is 0. The number of hydrogen-bond donors (Lipinski definition) is 2. The lowest BCUT2D eigenvalue weighted by molar-refractivity contribution is -0.384. The van der Waals surface area contributed by atoms with E-state index in [1.165, 1.54) is 12.1 Å². The van der Waals surface area contributed by atoms with Crippen LogP contribution < -0.4 is 5.32 Å². The molecule has 0 fully saturated rings. The molecule has 2 aromatic carbocycles. The van der Waals surface area contributed by atoms with Gasteiger partial charge in [-0.15, -0.1) is 0 Å². The van der Waals surface area contributed by atoms with Gasteiger partial charge in [-0.25, -0.2) is 4.39 Å². The molecule has 3 rings (SSSR count). The lowest BCUT2D eigenvalue weighted by Crippen LogP contribution is -2.03. The van der Waals surface area contributed by atoms with Gasteiger partial charge in [-0.2, -0.15) is 0 Å². The van der Waals surface area contributed by atoms with E-state index in [2.05, 4.69) is 10.3 Å². The van der Waals surface area contributed by atoms with Crippen molar-refractivity contribution in [2.75, 3.05) is 5.32 Å². The maximum absolute atomic E-state index is 13.1. The minimum Gasteiger partial charge on any atom is -0.375 e. The first-order valence-corrected chi connectivity index (χ1v) is 6.38. The topological polar surface area (TPSA) is 71.0 Å². The zero-order valence-electron chi connectivity index (χ0n) is 11.0. The normalized spacial score (nSPS) is 10.7. The third-order valence-electron chi connectivity index (χ3n) is 3.30. The van der Waals surface area contributed by atoms with Crippen LogP contribution in [0.4, 0.5) is 15.8 Å². The van der Waals surface area contributed by atoms with Crippen molar-refractivity contribution in [3.05, 3.63) is 70.2 Å². The Bertz CT molecular complexity index is 814. The minimum absolute atomic E-state index is 0.270. The molecule has 106 valence electrons. The van der Waals surface area contributed by atoms with E-state index in [1.807, 2.05) is 30.5 Å². The molecule has 2 N–H and O–H groups in total. The zero-order chi connectivity index (χ0) is 14.8. The summed E-state index contributed by atoms with van der Waals surface area (Å²) < 4.78 is 13.1. The van der Waals surface area contributed by atoms with Gasteiger partial charge in [0.15, 0.2) is 0 Å². The highest BCUT2D eigenvalue weighted by molar-refractivity contribution is 5.82. The van der Waals surface area contributed by atoms with Gasteiger partial charge in [-0.3, -0.25) is 10.1 Å². The van der Waals surface area contributed by atoms with Crippen LogP contribution in [0.3, 0.4) is 0 Å². The number of nitrogens with one attached hydrogen (secondary N) is 2. The Balaban J connectivity index is 1.88. The Hall–Kier alpha value is -2.89. The molecular formula is C15H12FN3O2. The van der Waals surface area contributed by atoms with Crippen molar-refractivity contribution in [3.63, 3.8) is 0 Å². The number of halogens is 1. The van der Waals surface area contributed by atoms with Gasteiger partial charge >= 0.3 is 0 Å². The fourth-order valence-electron chi connectivity index (χ4n) is 2.29. The summed E-state index contributed by atoms with van der Waals surface area (Å²) in [5.74, 6) is -0.626. The third kappa shape index (κ3) is 2.55. The molecule has 0 atom stereocenters. The average molecular weight is 285 g/mol. The van der Waals surface area contributed by atoms with Gasteiger partial charge in [0.25, 0.3) is 5.69 Å². The van der Waals surface area contributed by atoms with E-state index in [-0.39, 0.29) is 5.69 Å². The van der Waals surface area contributed by atoms with Crippen LogP contribution >= 0.6 is 0 Å². The van der Waals surface area contributed by atoms with E-state index in [9.17, 15) is 14.5 Å². The first-order valence-electron chi connectivity index (χ1n) is 6.38. The van der Waals surface area contributed by atoms with Crippen LogP contribution in [0.1, 0.15) is 5.56 Å². The van der Waals surface area contributed by atoms with Crippen LogP contribution in [0.5, 0.6) is 0 Å². The largest absolute Gasteiger partial charge is 0.375 e. The monoisotopic (exact) mass is 285 g/mol. The second-order valence-corrected chi connectivity index (χ2v) is 4.63. The summed E-state index contributed by atoms with van der Waals surface area (Å²) in [7, 11) is 0. The van der Waals surface area contributed by atoms with Crippen molar-refractivity contribution in [1.29, 1.82) is 0 Å². The van der Waals surface area contributed by atoms with Gasteiger partial charge < -0.3 is 10.3 Å². The first kappa shape index (κ1) is 13.1. The molecule has 0 radical (unpaired) electrons. The van der Waals surface area contributed by atoms with Crippen molar-refractivity contribution in [2.24, 2.45) is 0 Å². The number of benzene rings is 2. The van der Waals surface area contributed by atoms with E-state index in [4.69, 9.17) is 0 Å². The number of rotatable bonds is 4. The molecule has 0 amide bonds. The van der Waals surface area contributed by atoms with Gasteiger partial charge in [0.2, 0.25) is 0 Å². The smallest absolute Gasteiger partial charge is 0.295 e. The second kappa shape index (κ2) is 5.24. The quantitative estimate of drug-likeness (QED) is 0.565. The molecule has 0 aliphatic carbocycles. The van der Waals surface area contributed by atoms with Gasteiger partial charge in [-0.1, -0.05) is 18.2 Å². The van der Waals surface area contributed by atoms with Crippen LogP contribution in [-0.2, 0) is 6.54 Å². The molecule has 1 heterocycles. The molecule has 0 spiro atoms. The number of fused-ring (bicyclic) bond motifs is 1. The lowest BCUT2D eigenvalue weighted by atomic mass is 10.1. The van der Waals surface area contributed by atoms with E-state index in [0.29, 0.717) is 12.2 Å². The number of nitro benzene ring substituents is 1. The van der Waals surface area contributed by atoms with E-state index < -0.39 is 10.7 Å². The van der Waals surface area contributed by atoms with Gasteiger partial charge in [0.1, 0.15) is 11.5 Å². The summed E-state index contributed by atoms with van der Waals surface area (Å²) in [6.07, 6.45) is 1.84. The van der Waals surface area contributed by atoms with Crippen LogP contribution in [0.2, 0.25) is 0 Å². The highest BCUT2D eigenvalue weighted by Gasteiger charge is 2.14. The standard InChI is InChI=1S/C15H12FN3O2/c16-12-4-5-13(14(8-12)19(20)21)18-9-11-3-1-2-10-6-7-17-15(10)11/h1-8,17-18H,9H2. The predicted molar refractivity (Wildman–Crippen MR) is 78.7 cm³/mol. The molecule has 0 bridgehead atoms. The summed E-state index contributed by atoms with van der Waals surface area (Å²) in [6, 6.07) is 11.3. The lowest BCUT2D eigenvalue weighted by Gasteiger charge is -2.08. The van der Waals surface area contributed by atoms with Crippen molar-refractivity contribution >= 4 is 22.3 Å². The van der Waals surface area contributed by atoms with Crippen molar-refractivity contribution in [2.45, 2.75) is 6.54 Å². The Morgan fingerprint density at radius 2 is 2.10 bits per heavy atom. The van der Waals surface area contributed by atoms with Crippen molar-refractivity contribution < 1.29 is 9.31 Å². The summed E-state index contributed by atoms with van der Waals surface area (Å²) in [6.45, 7) is 0.407. The number of nitrogens with zero attached hydrogens (tertiary/aromatic N) is 1. The summed E-state index contributed by atoms with van der Waals surface area (Å²) in [4.78, 5) is 13.5.